The summed E-state index contributed by atoms with van der Waals surface area (Å²) in [6.45, 7) is 2.65. The fourth-order valence-corrected chi connectivity index (χ4v) is 1.59. The molecule has 0 saturated carbocycles. The maximum atomic E-state index is 8.83. The normalized spacial score (nSPS) is 10.5. The van der Waals surface area contributed by atoms with Crippen molar-refractivity contribution in [3.05, 3.63) is 48.4 Å². The van der Waals surface area contributed by atoms with E-state index in [2.05, 4.69) is 22.8 Å². The van der Waals surface area contributed by atoms with E-state index in [0.717, 1.165) is 18.4 Å². The molecule has 0 amide bonds. The molecule has 17 heavy (non-hydrogen) atoms. The third-order valence-electron chi connectivity index (χ3n) is 2.32. The third-order valence-corrected chi connectivity index (χ3v) is 2.32. The molecule has 0 aliphatic rings. The second-order valence-corrected chi connectivity index (χ2v) is 3.56. The summed E-state index contributed by atoms with van der Waals surface area (Å²) in [5, 5.41) is 10.1. The van der Waals surface area contributed by atoms with E-state index in [-0.39, 0.29) is 6.15 Å². The van der Waals surface area contributed by atoms with Gasteiger partial charge >= 0.3 is 6.15 Å². The smallest absolute Gasteiger partial charge is 0.373 e. The van der Waals surface area contributed by atoms with Crippen LogP contribution in [-0.4, -0.2) is 15.8 Å². The fourth-order valence-electron chi connectivity index (χ4n) is 1.59. The molecule has 0 atom stereocenters. The maximum absolute atomic E-state index is 8.83. The van der Waals surface area contributed by atoms with Crippen LogP contribution < -0.4 is 0 Å². The van der Waals surface area contributed by atoms with Crippen LogP contribution in [0.4, 0.5) is 0 Å². The van der Waals surface area contributed by atoms with Crippen molar-refractivity contribution in [2.75, 3.05) is 0 Å². The average molecular weight is 231 g/mol. The van der Waals surface area contributed by atoms with Gasteiger partial charge in [0.05, 0.1) is 6.26 Å². The van der Waals surface area contributed by atoms with Gasteiger partial charge in [-0.1, -0.05) is 18.2 Å². The lowest BCUT2D eigenvalue weighted by Gasteiger charge is -2.04. The predicted octanol–water partition coefficient (Wildman–Crippen LogP) is 2.52. The van der Waals surface area contributed by atoms with E-state index in [0.29, 0.717) is 0 Å². The number of hydrogen-bond acceptors (Lipinski definition) is 3. The first kappa shape index (κ1) is 12.7. The van der Waals surface area contributed by atoms with Gasteiger partial charge in [-0.2, -0.15) is 9.59 Å². The number of nitrogens with zero attached hydrogens (tertiary/aromatic N) is 1. The Bertz CT molecular complexity index is 549. The Morgan fingerprint density at radius 1 is 1.35 bits per heavy atom. The van der Waals surface area contributed by atoms with Gasteiger partial charge in [-0.25, -0.2) is 0 Å². The molecule has 2 aromatic rings. The molecule has 2 rings (SSSR count). The molecular formula is C13H13NO3. The Morgan fingerprint density at radius 3 is 2.65 bits per heavy atom. The van der Waals surface area contributed by atoms with Crippen LogP contribution in [0.15, 0.2) is 48.4 Å². The van der Waals surface area contributed by atoms with Crippen molar-refractivity contribution in [3.8, 4) is 0 Å². The van der Waals surface area contributed by atoms with Gasteiger partial charge in [0.15, 0.2) is 0 Å². The molecule has 1 aromatic carbocycles. The number of fused-ring (bicyclic) bond motifs is 1. The van der Waals surface area contributed by atoms with Gasteiger partial charge in [0.1, 0.15) is 0 Å². The minimum Gasteiger partial charge on any atom is -0.516 e. The molecule has 0 radical (unpaired) electrons. The topological polar surface area (TPSA) is 59.3 Å². The van der Waals surface area contributed by atoms with Crippen molar-refractivity contribution in [2.24, 2.45) is 0 Å². The predicted molar refractivity (Wildman–Crippen MR) is 63.3 cm³/mol. The van der Waals surface area contributed by atoms with E-state index >= 15 is 0 Å². The van der Waals surface area contributed by atoms with E-state index < -0.39 is 0 Å². The van der Waals surface area contributed by atoms with Gasteiger partial charge in [-0.3, -0.25) is 0 Å². The van der Waals surface area contributed by atoms with Gasteiger partial charge in [-0.15, -0.1) is 0 Å². The molecule has 0 aliphatic carbocycles. The summed E-state index contributed by atoms with van der Waals surface area (Å²) < 4.78 is 2.12. The maximum Gasteiger partial charge on any atom is 0.373 e. The quantitative estimate of drug-likeness (QED) is 0.808. The molecule has 0 aliphatic heterocycles. The molecule has 4 heteroatoms. The lowest BCUT2D eigenvalue weighted by Crippen LogP contribution is -1.96. The molecule has 0 bridgehead atoms. The minimum absolute atomic E-state index is 0.250. The molecule has 0 spiro atoms. The first-order chi connectivity index (χ1) is 8.22. The van der Waals surface area contributed by atoms with Gasteiger partial charge in [0.25, 0.3) is 0 Å². The summed E-state index contributed by atoms with van der Waals surface area (Å²) in [6.07, 6.45) is 3.45. The van der Waals surface area contributed by atoms with Crippen LogP contribution in [0, 0.1) is 0 Å². The largest absolute Gasteiger partial charge is 0.516 e. The average Bonchev–Trinajstić information content (AvgIpc) is 2.74. The lowest BCUT2D eigenvalue weighted by molar-refractivity contribution is -0.191. The van der Waals surface area contributed by atoms with E-state index in [1.807, 2.05) is 25.3 Å². The van der Waals surface area contributed by atoms with E-state index in [9.17, 15) is 0 Å². The highest BCUT2D eigenvalue weighted by atomic mass is 16.2. The van der Waals surface area contributed by atoms with Crippen LogP contribution in [-0.2, 0) is 16.1 Å². The standard InChI is InChI=1S/C12H13NO.CO2/c1-10(9-14)8-13-7-6-11-4-2-3-5-12(11)13;2-1-3/h2-7,9,14H,8H2,1H3;/b10-9+;. The van der Waals surface area contributed by atoms with E-state index in [1.165, 1.54) is 10.9 Å². The van der Waals surface area contributed by atoms with Crippen LogP contribution in [0.1, 0.15) is 6.92 Å². The number of aromatic nitrogens is 1. The van der Waals surface area contributed by atoms with Crippen LogP contribution in [0.5, 0.6) is 0 Å². The summed E-state index contributed by atoms with van der Waals surface area (Å²) in [6, 6.07) is 10.3. The molecule has 0 fully saturated rings. The number of aliphatic hydroxyl groups excluding tert-OH is 1. The zero-order valence-electron chi connectivity index (χ0n) is 9.46. The van der Waals surface area contributed by atoms with Crippen LogP contribution in [0.3, 0.4) is 0 Å². The van der Waals surface area contributed by atoms with Gasteiger partial charge in [-0.05, 0) is 30.0 Å². The lowest BCUT2D eigenvalue weighted by atomic mass is 10.2. The summed E-state index contributed by atoms with van der Waals surface area (Å²) in [5.41, 5.74) is 2.15. The molecule has 1 aromatic heterocycles. The second-order valence-electron chi connectivity index (χ2n) is 3.56. The number of hydrogen-bond donors (Lipinski definition) is 1. The van der Waals surface area contributed by atoms with Crippen molar-refractivity contribution in [1.82, 2.24) is 4.57 Å². The van der Waals surface area contributed by atoms with Gasteiger partial charge in [0, 0.05) is 18.3 Å². The van der Waals surface area contributed by atoms with E-state index in [4.69, 9.17) is 14.7 Å². The molecule has 0 unspecified atom stereocenters. The van der Waals surface area contributed by atoms with Gasteiger partial charge in [0.2, 0.25) is 0 Å². The number of carbonyl (C=O) groups excluding carboxylic acids is 2. The zero-order chi connectivity index (χ0) is 12.7. The van der Waals surface area contributed by atoms with Crippen LogP contribution in [0.25, 0.3) is 10.9 Å². The molecular weight excluding hydrogens is 218 g/mol. The monoisotopic (exact) mass is 231 g/mol. The van der Waals surface area contributed by atoms with Crippen molar-refractivity contribution in [2.45, 2.75) is 13.5 Å². The fraction of sp³-hybridized carbons (Fsp3) is 0.154. The number of para-hydroxylation sites is 1. The Kier molecular flexibility index (Phi) is 4.73. The highest BCUT2D eigenvalue weighted by molar-refractivity contribution is 5.79. The number of aliphatic hydroxyl groups is 1. The minimum atomic E-state index is 0.250. The summed E-state index contributed by atoms with van der Waals surface area (Å²) >= 11 is 0. The Labute approximate surface area is 98.8 Å². The highest BCUT2D eigenvalue weighted by Crippen LogP contribution is 2.16. The molecule has 0 saturated heterocycles. The van der Waals surface area contributed by atoms with Crippen LogP contribution in [0.2, 0.25) is 0 Å². The number of rotatable bonds is 2. The summed E-state index contributed by atoms with van der Waals surface area (Å²) in [5.74, 6) is 0. The number of allylic oxidation sites excluding steroid dienone is 1. The van der Waals surface area contributed by atoms with Crippen molar-refractivity contribution in [3.63, 3.8) is 0 Å². The Hall–Kier alpha value is -2.32. The molecule has 1 N–H and O–H groups in total. The van der Waals surface area contributed by atoms with Crippen molar-refractivity contribution >= 4 is 17.1 Å². The van der Waals surface area contributed by atoms with E-state index in [1.54, 1.807) is 0 Å². The molecule has 88 valence electrons. The first-order valence-electron chi connectivity index (χ1n) is 5.06. The Morgan fingerprint density at radius 2 is 2.00 bits per heavy atom. The van der Waals surface area contributed by atoms with Gasteiger partial charge < -0.3 is 9.67 Å². The first-order valence-corrected chi connectivity index (χ1v) is 5.06. The van der Waals surface area contributed by atoms with Crippen LogP contribution >= 0.6 is 0 Å². The Balaban J connectivity index is 0.000000437. The second kappa shape index (κ2) is 6.30. The van der Waals surface area contributed by atoms with Crippen molar-refractivity contribution in [1.29, 1.82) is 0 Å². The SMILES string of the molecule is C/C(=C\O)Cn1ccc2ccccc21.O=C=O. The summed E-state index contributed by atoms with van der Waals surface area (Å²) in [7, 11) is 0. The zero-order valence-corrected chi connectivity index (χ0v) is 9.46. The molecule has 1 heterocycles. The van der Waals surface area contributed by atoms with Crippen molar-refractivity contribution < 1.29 is 14.7 Å². The summed E-state index contributed by atoms with van der Waals surface area (Å²) in [4.78, 5) is 16.2. The molecule has 4 nitrogen and oxygen atoms in total. The third kappa shape index (κ3) is 3.33. The highest BCUT2D eigenvalue weighted by Gasteiger charge is 1.99. The number of benzene rings is 1.